The van der Waals surface area contributed by atoms with E-state index in [2.05, 4.69) is 11.4 Å². The summed E-state index contributed by atoms with van der Waals surface area (Å²) < 4.78 is 5.27. The molecule has 2 fully saturated rings. The van der Waals surface area contributed by atoms with Gasteiger partial charge >= 0.3 is 0 Å². The van der Waals surface area contributed by atoms with Crippen molar-refractivity contribution in [1.29, 1.82) is 5.26 Å². The lowest BCUT2D eigenvalue weighted by atomic mass is 9.90. The van der Waals surface area contributed by atoms with E-state index in [-0.39, 0.29) is 11.8 Å². The molecule has 25 heavy (non-hydrogen) atoms. The Hall–Kier alpha value is -2.39. The number of rotatable bonds is 3. The first-order valence-electron chi connectivity index (χ1n) is 8.65. The van der Waals surface area contributed by atoms with Crippen molar-refractivity contribution in [2.24, 2.45) is 5.92 Å². The summed E-state index contributed by atoms with van der Waals surface area (Å²) in [5.41, 5.74) is 2.19. The highest BCUT2D eigenvalue weighted by Gasteiger charge is 2.42. The van der Waals surface area contributed by atoms with Crippen LogP contribution in [0, 0.1) is 31.1 Å². The molecule has 1 atom stereocenters. The van der Waals surface area contributed by atoms with Crippen molar-refractivity contribution in [2.75, 3.05) is 24.7 Å². The zero-order chi connectivity index (χ0) is 18.0. The number of ether oxygens (including phenoxy) is 1. The number of amides is 2. The van der Waals surface area contributed by atoms with Gasteiger partial charge in [0.15, 0.2) is 0 Å². The molecule has 2 amide bonds. The van der Waals surface area contributed by atoms with E-state index in [1.807, 2.05) is 32.0 Å². The van der Waals surface area contributed by atoms with Crippen LogP contribution in [0.5, 0.6) is 0 Å². The second kappa shape index (κ2) is 6.85. The van der Waals surface area contributed by atoms with Crippen molar-refractivity contribution >= 4 is 17.5 Å². The molecule has 0 spiro atoms. The molecule has 2 aliphatic rings. The lowest BCUT2D eigenvalue weighted by Crippen LogP contribution is -2.53. The summed E-state index contributed by atoms with van der Waals surface area (Å²) >= 11 is 0. The van der Waals surface area contributed by atoms with E-state index in [0.717, 1.165) is 11.3 Å². The Morgan fingerprint density at radius 3 is 2.68 bits per heavy atom. The average Bonchev–Trinajstić information content (AvgIpc) is 3.00. The maximum atomic E-state index is 12.7. The third-order valence-corrected chi connectivity index (χ3v) is 5.25. The first kappa shape index (κ1) is 17.4. The fraction of sp³-hybridized carbons (Fsp3) is 0.526. The molecule has 0 aliphatic carbocycles. The third kappa shape index (κ3) is 3.38. The highest BCUT2D eigenvalue weighted by Crippen LogP contribution is 2.28. The van der Waals surface area contributed by atoms with Gasteiger partial charge < -0.3 is 15.0 Å². The molecule has 1 N–H and O–H groups in total. The van der Waals surface area contributed by atoms with E-state index in [0.29, 0.717) is 39.0 Å². The number of nitriles is 1. The van der Waals surface area contributed by atoms with E-state index in [1.54, 1.807) is 4.90 Å². The maximum Gasteiger partial charge on any atom is 0.239 e. The summed E-state index contributed by atoms with van der Waals surface area (Å²) in [6.07, 6.45) is 1.38. The molecule has 0 unspecified atom stereocenters. The van der Waals surface area contributed by atoms with Gasteiger partial charge in [-0.25, -0.2) is 0 Å². The minimum absolute atomic E-state index is 0.194. The SMILES string of the molecule is Cc1ccc(N2CC[C@@H](C(=O)NC3(C#N)CCOCC3)C2=O)cc1C. The number of carbonyl (C=O) groups is 2. The van der Waals surface area contributed by atoms with Crippen LogP contribution in [-0.4, -0.2) is 37.1 Å². The Bertz CT molecular complexity index is 732. The maximum absolute atomic E-state index is 12.7. The fourth-order valence-corrected chi connectivity index (χ4v) is 3.38. The normalized spacial score (nSPS) is 22.5. The van der Waals surface area contributed by atoms with Crippen molar-refractivity contribution in [3.05, 3.63) is 29.3 Å². The molecular weight excluding hydrogens is 318 g/mol. The van der Waals surface area contributed by atoms with E-state index in [9.17, 15) is 14.9 Å². The Labute approximate surface area is 147 Å². The van der Waals surface area contributed by atoms with Crippen LogP contribution in [-0.2, 0) is 14.3 Å². The minimum atomic E-state index is -0.913. The highest BCUT2D eigenvalue weighted by atomic mass is 16.5. The predicted octanol–water partition coefficient (Wildman–Crippen LogP) is 1.85. The summed E-state index contributed by atoms with van der Waals surface area (Å²) in [5.74, 6) is -1.27. The van der Waals surface area contributed by atoms with Gasteiger partial charge in [0, 0.05) is 38.3 Å². The number of anilines is 1. The minimum Gasteiger partial charge on any atom is -0.381 e. The van der Waals surface area contributed by atoms with Crippen molar-refractivity contribution in [3.63, 3.8) is 0 Å². The number of nitrogens with one attached hydrogen (secondary N) is 1. The predicted molar refractivity (Wildman–Crippen MR) is 92.9 cm³/mol. The van der Waals surface area contributed by atoms with Crippen molar-refractivity contribution < 1.29 is 14.3 Å². The van der Waals surface area contributed by atoms with Gasteiger partial charge in [-0.2, -0.15) is 5.26 Å². The summed E-state index contributed by atoms with van der Waals surface area (Å²) in [6.45, 7) is 5.44. The molecule has 2 heterocycles. The zero-order valence-corrected chi connectivity index (χ0v) is 14.7. The molecule has 0 bridgehead atoms. The smallest absolute Gasteiger partial charge is 0.239 e. The number of nitrogens with zero attached hydrogens (tertiary/aromatic N) is 2. The second-order valence-corrected chi connectivity index (χ2v) is 6.90. The average molecular weight is 341 g/mol. The highest BCUT2D eigenvalue weighted by molar-refractivity contribution is 6.09. The van der Waals surface area contributed by atoms with Crippen molar-refractivity contribution in [1.82, 2.24) is 5.32 Å². The molecule has 0 radical (unpaired) electrons. The molecule has 2 saturated heterocycles. The van der Waals surface area contributed by atoms with Crippen LogP contribution in [0.2, 0.25) is 0 Å². The third-order valence-electron chi connectivity index (χ3n) is 5.25. The molecule has 6 heteroatoms. The summed E-state index contributed by atoms with van der Waals surface area (Å²) in [4.78, 5) is 27.0. The number of benzene rings is 1. The van der Waals surface area contributed by atoms with E-state index >= 15 is 0 Å². The van der Waals surface area contributed by atoms with Crippen LogP contribution in [0.1, 0.15) is 30.4 Å². The molecular formula is C19H23N3O3. The summed E-state index contributed by atoms with van der Waals surface area (Å²) in [7, 11) is 0. The van der Waals surface area contributed by atoms with Gasteiger partial charge in [-0.05, 0) is 43.5 Å². The van der Waals surface area contributed by atoms with Crippen LogP contribution in [0.25, 0.3) is 0 Å². The van der Waals surface area contributed by atoms with Gasteiger partial charge in [0.05, 0.1) is 6.07 Å². The number of aryl methyl sites for hydroxylation is 2. The standard InChI is InChI=1S/C19H23N3O3/c1-13-3-4-15(11-14(13)2)22-8-5-16(18(22)24)17(23)21-19(12-20)6-9-25-10-7-19/h3-4,11,16H,5-10H2,1-2H3,(H,21,23)/t16-/m0/s1. The largest absolute Gasteiger partial charge is 0.381 e. The van der Waals surface area contributed by atoms with E-state index in [4.69, 9.17) is 4.74 Å². The quantitative estimate of drug-likeness (QED) is 0.851. The summed E-state index contributed by atoms with van der Waals surface area (Å²) in [6, 6.07) is 8.08. The Balaban J connectivity index is 1.72. The molecule has 1 aromatic rings. The molecule has 1 aromatic carbocycles. The van der Waals surface area contributed by atoms with Gasteiger partial charge in [-0.15, -0.1) is 0 Å². The van der Waals surface area contributed by atoms with Gasteiger partial charge in [0.1, 0.15) is 11.5 Å². The molecule has 132 valence electrons. The monoisotopic (exact) mass is 341 g/mol. The van der Waals surface area contributed by atoms with Gasteiger partial charge in [-0.1, -0.05) is 6.07 Å². The van der Waals surface area contributed by atoms with Crippen LogP contribution in [0.4, 0.5) is 5.69 Å². The first-order valence-corrected chi connectivity index (χ1v) is 8.65. The Kier molecular flexibility index (Phi) is 4.78. The Morgan fingerprint density at radius 1 is 1.32 bits per heavy atom. The van der Waals surface area contributed by atoms with Gasteiger partial charge in [0.2, 0.25) is 11.8 Å². The van der Waals surface area contributed by atoms with E-state index in [1.165, 1.54) is 5.56 Å². The fourth-order valence-electron chi connectivity index (χ4n) is 3.38. The van der Waals surface area contributed by atoms with Crippen molar-refractivity contribution in [3.8, 4) is 6.07 Å². The van der Waals surface area contributed by atoms with Crippen molar-refractivity contribution in [2.45, 2.75) is 38.6 Å². The second-order valence-electron chi connectivity index (χ2n) is 6.90. The lowest BCUT2D eigenvalue weighted by molar-refractivity contribution is -0.133. The topological polar surface area (TPSA) is 82.4 Å². The van der Waals surface area contributed by atoms with Gasteiger partial charge in [0.25, 0.3) is 0 Å². The first-order chi connectivity index (χ1) is 12.0. The van der Waals surface area contributed by atoms with Crippen LogP contribution >= 0.6 is 0 Å². The Morgan fingerprint density at radius 2 is 2.04 bits per heavy atom. The number of hydrogen-bond donors (Lipinski definition) is 1. The molecule has 3 rings (SSSR count). The molecule has 0 saturated carbocycles. The van der Waals surface area contributed by atoms with Crippen LogP contribution in [0.15, 0.2) is 18.2 Å². The lowest BCUT2D eigenvalue weighted by Gasteiger charge is -2.32. The molecule has 6 nitrogen and oxygen atoms in total. The molecule has 2 aliphatic heterocycles. The van der Waals surface area contributed by atoms with Crippen LogP contribution < -0.4 is 10.2 Å². The summed E-state index contributed by atoms with van der Waals surface area (Å²) in [5, 5.41) is 12.3. The zero-order valence-electron chi connectivity index (χ0n) is 14.7. The molecule has 0 aromatic heterocycles. The van der Waals surface area contributed by atoms with Gasteiger partial charge in [-0.3, -0.25) is 9.59 Å². The number of hydrogen-bond acceptors (Lipinski definition) is 4. The van der Waals surface area contributed by atoms with E-state index < -0.39 is 11.5 Å². The number of carbonyl (C=O) groups excluding carboxylic acids is 2. The van der Waals surface area contributed by atoms with Crippen LogP contribution in [0.3, 0.4) is 0 Å².